The van der Waals surface area contributed by atoms with Gasteiger partial charge in [-0.2, -0.15) is 4.31 Å². The lowest BCUT2D eigenvalue weighted by atomic mass is 10.5. The zero-order chi connectivity index (χ0) is 11.5. The molecule has 0 aliphatic heterocycles. The molecule has 0 amide bonds. The molecule has 0 bridgehead atoms. The molecular formula is C9H17N3O2S. The maximum atomic E-state index is 11.9. The van der Waals surface area contributed by atoms with Gasteiger partial charge in [0.15, 0.2) is 5.03 Å². The molecule has 0 saturated heterocycles. The lowest BCUT2D eigenvalue weighted by Gasteiger charge is -2.14. The van der Waals surface area contributed by atoms with E-state index in [0.29, 0.717) is 18.8 Å². The van der Waals surface area contributed by atoms with E-state index >= 15 is 0 Å². The van der Waals surface area contributed by atoms with E-state index < -0.39 is 10.0 Å². The summed E-state index contributed by atoms with van der Waals surface area (Å²) in [5.74, 6) is 0.693. The highest BCUT2D eigenvalue weighted by Gasteiger charge is 2.21. The van der Waals surface area contributed by atoms with Crippen LogP contribution in [0.2, 0.25) is 0 Å². The van der Waals surface area contributed by atoms with Crippen LogP contribution in [0, 0.1) is 0 Å². The van der Waals surface area contributed by atoms with E-state index in [1.165, 1.54) is 10.5 Å². The normalized spacial score (nSPS) is 12.3. The number of aromatic amines is 1. The summed E-state index contributed by atoms with van der Waals surface area (Å²) < 4.78 is 25.1. The molecule has 0 radical (unpaired) electrons. The van der Waals surface area contributed by atoms with Crippen LogP contribution in [-0.4, -0.2) is 36.3 Å². The van der Waals surface area contributed by atoms with Crippen molar-refractivity contribution < 1.29 is 8.42 Å². The first kappa shape index (κ1) is 12.2. The van der Waals surface area contributed by atoms with Gasteiger partial charge >= 0.3 is 0 Å². The number of imidazole rings is 1. The molecule has 15 heavy (non-hydrogen) atoms. The number of nitrogens with one attached hydrogen (secondary N) is 1. The van der Waals surface area contributed by atoms with E-state index in [4.69, 9.17) is 0 Å². The number of aromatic nitrogens is 2. The second-order valence-electron chi connectivity index (χ2n) is 3.37. The summed E-state index contributed by atoms with van der Waals surface area (Å²) in [4.78, 5) is 6.78. The molecule has 0 spiro atoms. The van der Waals surface area contributed by atoms with Crippen LogP contribution in [0.3, 0.4) is 0 Å². The predicted molar refractivity (Wildman–Crippen MR) is 58.1 cm³/mol. The first-order valence-electron chi connectivity index (χ1n) is 5.02. The van der Waals surface area contributed by atoms with Crippen LogP contribution in [0.5, 0.6) is 0 Å². The molecule has 5 nitrogen and oxygen atoms in total. The van der Waals surface area contributed by atoms with Crippen LogP contribution < -0.4 is 0 Å². The fraction of sp³-hybridized carbons (Fsp3) is 0.667. The molecule has 0 aliphatic carbocycles. The van der Waals surface area contributed by atoms with Gasteiger partial charge in [0.1, 0.15) is 5.82 Å². The zero-order valence-electron chi connectivity index (χ0n) is 9.32. The molecule has 0 aliphatic rings. The van der Waals surface area contributed by atoms with Gasteiger partial charge in [0, 0.05) is 20.0 Å². The van der Waals surface area contributed by atoms with E-state index in [0.717, 1.165) is 6.42 Å². The van der Waals surface area contributed by atoms with Gasteiger partial charge in [-0.15, -0.1) is 0 Å². The van der Waals surface area contributed by atoms with Crippen molar-refractivity contribution in [2.45, 2.75) is 31.7 Å². The van der Waals surface area contributed by atoms with Crippen LogP contribution in [0.25, 0.3) is 0 Å². The Morgan fingerprint density at radius 2 is 2.13 bits per heavy atom. The maximum Gasteiger partial charge on any atom is 0.259 e. The monoisotopic (exact) mass is 231 g/mol. The van der Waals surface area contributed by atoms with E-state index in [1.807, 2.05) is 13.8 Å². The number of nitrogens with zero attached hydrogens (tertiary/aromatic N) is 2. The van der Waals surface area contributed by atoms with Crippen molar-refractivity contribution in [3.05, 3.63) is 12.0 Å². The third-order valence-electron chi connectivity index (χ3n) is 2.17. The highest BCUT2D eigenvalue weighted by Crippen LogP contribution is 2.11. The number of sulfonamides is 1. The minimum absolute atomic E-state index is 0.176. The van der Waals surface area contributed by atoms with Crippen molar-refractivity contribution in [2.24, 2.45) is 0 Å². The number of rotatable bonds is 5. The molecule has 0 atom stereocenters. The highest BCUT2D eigenvalue weighted by molar-refractivity contribution is 7.89. The molecule has 0 aromatic carbocycles. The minimum atomic E-state index is -3.38. The van der Waals surface area contributed by atoms with E-state index in [2.05, 4.69) is 9.97 Å². The summed E-state index contributed by atoms with van der Waals surface area (Å²) in [6.07, 6.45) is 2.87. The lowest BCUT2D eigenvalue weighted by molar-refractivity contribution is 0.466. The van der Waals surface area contributed by atoms with Gasteiger partial charge in [0.05, 0.1) is 6.20 Å². The number of aryl methyl sites for hydroxylation is 1. The van der Waals surface area contributed by atoms with Crippen molar-refractivity contribution in [1.82, 2.24) is 14.3 Å². The Morgan fingerprint density at radius 3 is 2.60 bits per heavy atom. The average Bonchev–Trinajstić information content (AvgIpc) is 2.66. The van der Waals surface area contributed by atoms with Crippen molar-refractivity contribution in [1.29, 1.82) is 0 Å². The summed E-state index contributed by atoms with van der Waals surface area (Å²) in [5.41, 5.74) is 0. The zero-order valence-corrected chi connectivity index (χ0v) is 10.1. The van der Waals surface area contributed by atoms with Crippen molar-refractivity contribution in [3.63, 3.8) is 0 Å². The molecule has 1 heterocycles. The van der Waals surface area contributed by atoms with Crippen LogP contribution in [0.15, 0.2) is 11.2 Å². The fourth-order valence-electron chi connectivity index (χ4n) is 1.26. The fourth-order valence-corrected chi connectivity index (χ4v) is 2.45. The topological polar surface area (TPSA) is 66.1 Å². The number of H-pyrrole nitrogens is 1. The Bertz CT molecular complexity index is 411. The SMILES string of the molecule is CCCN(C)S(=O)(=O)c1cnc(CC)[nH]1. The molecule has 1 rings (SSSR count). The second kappa shape index (κ2) is 4.76. The van der Waals surface area contributed by atoms with Gasteiger partial charge in [-0.1, -0.05) is 13.8 Å². The second-order valence-corrected chi connectivity index (χ2v) is 5.39. The third kappa shape index (κ3) is 2.57. The first-order valence-corrected chi connectivity index (χ1v) is 6.46. The van der Waals surface area contributed by atoms with E-state index in [9.17, 15) is 8.42 Å². The van der Waals surface area contributed by atoms with Crippen molar-refractivity contribution in [2.75, 3.05) is 13.6 Å². The van der Waals surface area contributed by atoms with Crippen molar-refractivity contribution in [3.8, 4) is 0 Å². The molecular weight excluding hydrogens is 214 g/mol. The number of hydrogen-bond acceptors (Lipinski definition) is 3. The van der Waals surface area contributed by atoms with Crippen LogP contribution in [0.1, 0.15) is 26.1 Å². The predicted octanol–water partition coefficient (Wildman–Crippen LogP) is 1.00. The smallest absolute Gasteiger partial charge is 0.259 e. The third-order valence-corrected chi connectivity index (χ3v) is 3.93. The largest absolute Gasteiger partial charge is 0.332 e. The molecule has 0 unspecified atom stereocenters. The molecule has 0 saturated carbocycles. The molecule has 86 valence electrons. The quantitative estimate of drug-likeness (QED) is 0.822. The Kier molecular flexibility index (Phi) is 3.87. The minimum Gasteiger partial charge on any atom is -0.332 e. The lowest BCUT2D eigenvalue weighted by Crippen LogP contribution is -2.27. The van der Waals surface area contributed by atoms with Gasteiger partial charge in [-0.25, -0.2) is 13.4 Å². The molecule has 0 fully saturated rings. The molecule has 1 N–H and O–H groups in total. The Morgan fingerprint density at radius 1 is 1.47 bits per heavy atom. The van der Waals surface area contributed by atoms with E-state index in [-0.39, 0.29) is 5.03 Å². The Hall–Kier alpha value is -0.880. The number of hydrogen-bond donors (Lipinski definition) is 1. The highest BCUT2D eigenvalue weighted by atomic mass is 32.2. The molecule has 1 aromatic rings. The van der Waals surface area contributed by atoms with Gasteiger partial charge in [-0.3, -0.25) is 0 Å². The summed E-state index contributed by atoms with van der Waals surface area (Å²) in [7, 11) is -1.80. The summed E-state index contributed by atoms with van der Waals surface area (Å²) >= 11 is 0. The summed E-state index contributed by atoms with van der Waals surface area (Å²) in [5, 5.41) is 0.176. The standard InChI is InChI=1S/C9H17N3O2S/c1-4-6-12(3)15(13,14)9-7-10-8(5-2)11-9/h7H,4-6H2,1-3H3,(H,10,11). The molecule has 1 aromatic heterocycles. The summed E-state index contributed by atoms with van der Waals surface area (Å²) in [6.45, 7) is 4.38. The van der Waals surface area contributed by atoms with Gasteiger partial charge in [0.25, 0.3) is 10.0 Å². The van der Waals surface area contributed by atoms with E-state index in [1.54, 1.807) is 7.05 Å². The van der Waals surface area contributed by atoms with Gasteiger partial charge in [-0.05, 0) is 6.42 Å². The first-order chi connectivity index (χ1) is 7.02. The Balaban J connectivity index is 2.95. The van der Waals surface area contributed by atoms with Crippen LogP contribution in [-0.2, 0) is 16.4 Å². The summed E-state index contributed by atoms with van der Waals surface area (Å²) in [6, 6.07) is 0. The van der Waals surface area contributed by atoms with Crippen molar-refractivity contribution >= 4 is 10.0 Å². The maximum absolute atomic E-state index is 11.9. The van der Waals surface area contributed by atoms with Gasteiger partial charge in [0.2, 0.25) is 0 Å². The van der Waals surface area contributed by atoms with Gasteiger partial charge < -0.3 is 4.98 Å². The molecule has 6 heteroatoms. The average molecular weight is 231 g/mol. The van der Waals surface area contributed by atoms with Crippen LogP contribution >= 0.6 is 0 Å². The Labute approximate surface area is 90.6 Å². The van der Waals surface area contributed by atoms with Crippen LogP contribution in [0.4, 0.5) is 0 Å².